The number of fused-ring (bicyclic) bond motifs is 1. The molecular weight excluding hydrogens is 246 g/mol. The SMILES string of the molecule is O=C(O)CCCCCNc1ccc2c(c1)OCCO2. The van der Waals surface area contributed by atoms with E-state index in [9.17, 15) is 4.79 Å². The van der Waals surface area contributed by atoms with Crippen molar-refractivity contribution in [2.45, 2.75) is 25.7 Å². The van der Waals surface area contributed by atoms with Crippen LogP contribution in [0.15, 0.2) is 18.2 Å². The van der Waals surface area contributed by atoms with Crippen LogP contribution in [0.4, 0.5) is 5.69 Å². The van der Waals surface area contributed by atoms with Crippen LogP contribution < -0.4 is 14.8 Å². The molecule has 0 amide bonds. The smallest absolute Gasteiger partial charge is 0.303 e. The zero-order valence-electron chi connectivity index (χ0n) is 10.9. The van der Waals surface area contributed by atoms with E-state index in [1.807, 2.05) is 18.2 Å². The first kappa shape index (κ1) is 13.5. The van der Waals surface area contributed by atoms with E-state index in [2.05, 4.69) is 5.32 Å². The summed E-state index contributed by atoms with van der Waals surface area (Å²) in [6.07, 6.45) is 2.87. The molecule has 5 heteroatoms. The highest BCUT2D eigenvalue weighted by Crippen LogP contribution is 2.32. The van der Waals surface area contributed by atoms with E-state index in [0.29, 0.717) is 13.2 Å². The third-order valence-corrected chi connectivity index (χ3v) is 2.94. The average molecular weight is 265 g/mol. The minimum absolute atomic E-state index is 0.254. The molecule has 0 spiro atoms. The number of hydrogen-bond acceptors (Lipinski definition) is 4. The molecule has 0 unspecified atom stereocenters. The van der Waals surface area contributed by atoms with Gasteiger partial charge in [-0.2, -0.15) is 0 Å². The van der Waals surface area contributed by atoms with Crippen LogP contribution in [0.3, 0.4) is 0 Å². The molecule has 1 aliphatic heterocycles. The molecule has 0 atom stereocenters. The Bertz CT molecular complexity index is 433. The summed E-state index contributed by atoms with van der Waals surface area (Å²) in [4.78, 5) is 10.3. The predicted octanol–water partition coefficient (Wildman–Crippen LogP) is 2.51. The summed E-state index contributed by atoms with van der Waals surface area (Å²) >= 11 is 0. The molecule has 1 heterocycles. The summed E-state index contributed by atoms with van der Waals surface area (Å²) in [5, 5.41) is 11.8. The van der Waals surface area contributed by atoms with Crippen molar-refractivity contribution < 1.29 is 19.4 Å². The lowest BCUT2D eigenvalue weighted by Crippen LogP contribution is -2.15. The van der Waals surface area contributed by atoms with Gasteiger partial charge in [0.1, 0.15) is 13.2 Å². The van der Waals surface area contributed by atoms with E-state index in [-0.39, 0.29) is 6.42 Å². The van der Waals surface area contributed by atoms with Gasteiger partial charge in [-0.1, -0.05) is 6.42 Å². The number of anilines is 1. The second-order valence-corrected chi connectivity index (χ2v) is 4.49. The van der Waals surface area contributed by atoms with Crippen molar-refractivity contribution in [2.75, 3.05) is 25.1 Å². The van der Waals surface area contributed by atoms with E-state index in [1.54, 1.807) is 0 Å². The maximum absolute atomic E-state index is 10.3. The largest absolute Gasteiger partial charge is 0.486 e. The molecule has 1 aromatic carbocycles. The summed E-state index contributed by atoms with van der Waals surface area (Å²) < 4.78 is 11.0. The van der Waals surface area contributed by atoms with Crippen LogP contribution >= 0.6 is 0 Å². The lowest BCUT2D eigenvalue weighted by molar-refractivity contribution is -0.137. The van der Waals surface area contributed by atoms with Crippen molar-refractivity contribution in [1.29, 1.82) is 0 Å². The highest BCUT2D eigenvalue weighted by molar-refractivity contribution is 5.66. The van der Waals surface area contributed by atoms with Gasteiger partial charge >= 0.3 is 5.97 Å². The third kappa shape index (κ3) is 4.35. The number of nitrogens with one attached hydrogen (secondary N) is 1. The van der Waals surface area contributed by atoms with Gasteiger partial charge in [-0.05, 0) is 25.0 Å². The number of hydrogen-bond donors (Lipinski definition) is 2. The fraction of sp³-hybridized carbons (Fsp3) is 0.500. The number of carboxylic acids is 1. The zero-order valence-corrected chi connectivity index (χ0v) is 10.9. The number of carboxylic acid groups (broad SMARTS) is 1. The van der Waals surface area contributed by atoms with Gasteiger partial charge in [0.25, 0.3) is 0 Å². The van der Waals surface area contributed by atoms with Gasteiger partial charge in [0.2, 0.25) is 0 Å². The van der Waals surface area contributed by atoms with Gasteiger partial charge in [0.15, 0.2) is 11.5 Å². The summed E-state index contributed by atoms with van der Waals surface area (Å²) in [5.41, 5.74) is 1.00. The lowest BCUT2D eigenvalue weighted by atomic mass is 10.2. The van der Waals surface area contributed by atoms with Crippen LogP contribution in [-0.4, -0.2) is 30.8 Å². The minimum atomic E-state index is -0.722. The van der Waals surface area contributed by atoms with Gasteiger partial charge < -0.3 is 19.9 Å². The molecule has 104 valence electrons. The van der Waals surface area contributed by atoms with Crippen LogP contribution in [0.1, 0.15) is 25.7 Å². The standard InChI is InChI=1S/C14H19NO4/c16-14(17)4-2-1-3-7-15-11-5-6-12-13(10-11)19-9-8-18-12/h5-6,10,15H,1-4,7-9H2,(H,16,17). The lowest BCUT2D eigenvalue weighted by Gasteiger charge is -2.19. The first-order valence-electron chi connectivity index (χ1n) is 6.61. The third-order valence-electron chi connectivity index (χ3n) is 2.94. The van der Waals surface area contributed by atoms with Crippen molar-refractivity contribution in [1.82, 2.24) is 0 Å². The van der Waals surface area contributed by atoms with Crippen LogP contribution in [0.2, 0.25) is 0 Å². The highest BCUT2D eigenvalue weighted by Gasteiger charge is 2.11. The average Bonchev–Trinajstić information content (AvgIpc) is 2.42. The number of ether oxygens (including phenoxy) is 2. The number of aliphatic carboxylic acids is 1. The maximum Gasteiger partial charge on any atom is 0.303 e. The molecule has 1 aromatic rings. The first-order chi connectivity index (χ1) is 9.25. The molecule has 0 saturated heterocycles. The van der Waals surface area contributed by atoms with Crippen LogP contribution in [0.25, 0.3) is 0 Å². The Morgan fingerprint density at radius 3 is 2.74 bits per heavy atom. The monoisotopic (exact) mass is 265 g/mol. The van der Waals surface area contributed by atoms with E-state index in [4.69, 9.17) is 14.6 Å². The molecule has 19 heavy (non-hydrogen) atoms. The van der Waals surface area contributed by atoms with E-state index >= 15 is 0 Å². The summed E-state index contributed by atoms with van der Waals surface area (Å²) in [7, 11) is 0. The zero-order chi connectivity index (χ0) is 13.5. The van der Waals surface area contributed by atoms with Crippen molar-refractivity contribution in [2.24, 2.45) is 0 Å². The Morgan fingerprint density at radius 1 is 1.16 bits per heavy atom. The van der Waals surface area contributed by atoms with Crippen LogP contribution in [0.5, 0.6) is 11.5 Å². The second kappa shape index (κ2) is 6.87. The van der Waals surface area contributed by atoms with Gasteiger partial charge in [0.05, 0.1) is 0 Å². The quantitative estimate of drug-likeness (QED) is 0.741. The number of benzene rings is 1. The highest BCUT2D eigenvalue weighted by atomic mass is 16.6. The molecule has 2 rings (SSSR count). The Labute approximate surface area is 112 Å². The molecule has 2 N–H and O–H groups in total. The molecule has 0 aliphatic carbocycles. The molecule has 0 fully saturated rings. The van der Waals surface area contributed by atoms with Crippen LogP contribution in [0, 0.1) is 0 Å². The molecule has 5 nitrogen and oxygen atoms in total. The predicted molar refractivity (Wildman–Crippen MR) is 72.0 cm³/mol. The Hall–Kier alpha value is -1.91. The number of rotatable bonds is 7. The number of carbonyl (C=O) groups is 1. The first-order valence-corrected chi connectivity index (χ1v) is 6.61. The van der Waals surface area contributed by atoms with Gasteiger partial charge in [-0.3, -0.25) is 4.79 Å². The minimum Gasteiger partial charge on any atom is -0.486 e. The van der Waals surface area contributed by atoms with Gasteiger partial charge in [0, 0.05) is 24.7 Å². The molecule has 0 radical (unpaired) electrons. The Morgan fingerprint density at radius 2 is 1.95 bits per heavy atom. The van der Waals surface area contributed by atoms with Crippen molar-refractivity contribution in [3.63, 3.8) is 0 Å². The second-order valence-electron chi connectivity index (χ2n) is 4.49. The summed E-state index contributed by atoms with van der Waals surface area (Å²) in [6.45, 7) is 2.02. The summed E-state index contributed by atoms with van der Waals surface area (Å²) in [5.74, 6) is 0.847. The van der Waals surface area contributed by atoms with Crippen molar-refractivity contribution in [3.8, 4) is 11.5 Å². The van der Waals surface area contributed by atoms with Gasteiger partial charge in [-0.15, -0.1) is 0 Å². The molecule has 0 bridgehead atoms. The number of unbranched alkanes of at least 4 members (excludes halogenated alkanes) is 2. The fourth-order valence-electron chi connectivity index (χ4n) is 1.96. The summed E-state index contributed by atoms with van der Waals surface area (Å²) in [6, 6.07) is 5.80. The Kier molecular flexibility index (Phi) is 4.89. The fourth-order valence-corrected chi connectivity index (χ4v) is 1.96. The topological polar surface area (TPSA) is 67.8 Å². The van der Waals surface area contributed by atoms with Crippen LogP contribution in [-0.2, 0) is 4.79 Å². The van der Waals surface area contributed by atoms with Crippen molar-refractivity contribution >= 4 is 11.7 Å². The Balaban J connectivity index is 1.70. The maximum atomic E-state index is 10.3. The molecule has 0 aromatic heterocycles. The van der Waals surface area contributed by atoms with E-state index in [0.717, 1.165) is 43.0 Å². The van der Waals surface area contributed by atoms with Crippen molar-refractivity contribution in [3.05, 3.63) is 18.2 Å². The van der Waals surface area contributed by atoms with E-state index in [1.165, 1.54) is 0 Å². The van der Waals surface area contributed by atoms with Gasteiger partial charge in [-0.25, -0.2) is 0 Å². The molecule has 0 saturated carbocycles. The van der Waals surface area contributed by atoms with E-state index < -0.39 is 5.97 Å². The normalized spacial score (nSPS) is 13.1. The molecular formula is C14H19NO4. The molecule has 1 aliphatic rings.